The number of hydrogen-bond donors (Lipinski definition) is 2. The molecule has 0 spiro atoms. The first-order chi connectivity index (χ1) is 6.31. The quantitative estimate of drug-likeness (QED) is 0.714. The minimum absolute atomic E-state index is 0.126. The van der Waals surface area contributed by atoms with Crippen LogP contribution >= 0.6 is 0 Å². The highest BCUT2D eigenvalue weighted by Gasteiger charge is 2.19. The topological polar surface area (TPSA) is 57.8 Å². The van der Waals surface area contributed by atoms with Gasteiger partial charge in [-0.15, -0.1) is 0 Å². The van der Waals surface area contributed by atoms with Crippen LogP contribution in [-0.2, 0) is 0 Å². The summed E-state index contributed by atoms with van der Waals surface area (Å²) in [6.07, 6.45) is 0. The van der Waals surface area contributed by atoms with Crippen molar-refractivity contribution < 1.29 is 4.79 Å². The van der Waals surface area contributed by atoms with Gasteiger partial charge in [-0.05, 0) is 34.6 Å². The van der Waals surface area contributed by atoms with E-state index in [1.54, 1.807) is 0 Å². The lowest BCUT2D eigenvalue weighted by atomic mass is 10.1. The maximum absolute atomic E-state index is 11.7. The first-order valence-corrected chi connectivity index (χ1v) is 4.65. The summed E-state index contributed by atoms with van der Waals surface area (Å²) < 4.78 is 0. The van der Waals surface area contributed by atoms with Gasteiger partial charge >= 0.3 is 0 Å². The molecule has 0 bridgehead atoms. The number of rotatable bonds is 1. The summed E-state index contributed by atoms with van der Waals surface area (Å²) >= 11 is 0. The number of hydrogen-bond acceptors (Lipinski definition) is 2. The summed E-state index contributed by atoms with van der Waals surface area (Å²) in [7, 11) is 0. The zero-order valence-corrected chi connectivity index (χ0v) is 9.36. The average molecular weight is 195 g/mol. The molecule has 0 aliphatic rings. The lowest BCUT2D eigenvalue weighted by Gasteiger charge is -2.19. The van der Waals surface area contributed by atoms with Gasteiger partial charge in [-0.25, -0.2) is 0 Å². The average Bonchev–Trinajstić information content (AvgIpc) is 2.29. The highest BCUT2D eigenvalue weighted by Crippen LogP contribution is 2.09. The predicted octanol–water partition coefficient (Wildman–Crippen LogP) is 1.55. The van der Waals surface area contributed by atoms with Crippen LogP contribution in [0.3, 0.4) is 0 Å². The van der Waals surface area contributed by atoms with Crippen LogP contribution in [0.1, 0.15) is 42.5 Å². The van der Waals surface area contributed by atoms with Crippen molar-refractivity contribution in [1.29, 1.82) is 0 Å². The maximum atomic E-state index is 11.7. The Bertz CT molecular complexity index is 347. The number of nitrogens with one attached hydrogen (secondary N) is 2. The molecular weight excluding hydrogens is 178 g/mol. The molecule has 4 nitrogen and oxygen atoms in total. The van der Waals surface area contributed by atoms with Gasteiger partial charge in [-0.1, -0.05) is 0 Å². The van der Waals surface area contributed by atoms with Crippen LogP contribution in [0.15, 0.2) is 0 Å². The largest absolute Gasteiger partial charge is 0.346 e. The zero-order chi connectivity index (χ0) is 10.9. The van der Waals surface area contributed by atoms with Crippen molar-refractivity contribution in [2.45, 2.75) is 40.2 Å². The molecule has 1 aromatic rings. The second kappa shape index (κ2) is 3.44. The molecule has 0 aromatic carbocycles. The summed E-state index contributed by atoms with van der Waals surface area (Å²) in [5.41, 5.74) is 2.10. The molecule has 0 aliphatic carbocycles. The van der Waals surface area contributed by atoms with Crippen molar-refractivity contribution in [1.82, 2.24) is 15.5 Å². The number of carbonyl (C=O) groups is 1. The highest BCUT2D eigenvalue weighted by molar-refractivity contribution is 5.94. The van der Waals surface area contributed by atoms with E-state index in [9.17, 15) is 4.79 Å². The Morgan fingerprint density at radius 2 is 1.93 bits per heavy atom. The molecule has 0 unspecified atom stereocenters. The summed E-state index contributed by atoms with van der Waals surface area (Å²) in [5, 5.41) is 9.62. The molecule has 2 N–H and O–H groups in total. The Morgan fingerprint density at radius 1 is 1.36 bits per heavy atom. The third-order valence-electron chi connectivity index (χ3n) is 1.96. The van der Waals surface area contributed by atoms with Gasteiger partial charge < -0.3 is 5.32 Å². The molecule has 0 saturated carbocycles. The van der Waals surface area contributed by atoms with Gasteiger partial charge in [0.1, 0.15) is 0 Å². The van der Waals surface area contributed by atoms with Crippen LogP contribution in [0, 0.1) is 13.8 Å². The monoisotopic (exact) mass is 195 g/mol. The normalized spacial score (nSPS) is 11.5. The van der Waals surface area contributed by atoms with Crippen molar-refractivity contribution in [3.05, 3.63) is 17.0 Å². The van der Waals surface area contributed by atoms with Gasteiger partial charge in [0.05, 0.1) is 0 Å². The predicted molar refractivity (Wildman–Crippen MR) is 55.3 cm³/mol. The van der Waals surface area contributed by atoms with Gasteiger partial charge in [0.25, 0.3) is 5.91 Å². The fourth-order valence-electron chi connectivity index (χ4n) is 1.11. The molecule has 1 aromatic heterocycles. The van der Waals surface area contributed by atoms with Crippen LogP contribution in [0.2, 0.25) is 0 Å². The third-order valence-corrected chi connectivity index (χ3v) is 1.96. The number of carbonyl (C=O) groups excluding carboxylic acids is 1. The molecule has 1 amide bonds. The molecule has 0 radical (unpaired) electrons. The highest BCUT2D eigenvalue weighted by atomic mass is 16.2. The minimum Gasteiger partial charge on any atom is -0.346 e. The van der Waals surface area contributed by atoms with Gasteiger partial charge in [0.2, 0.25) is 0 Å². The molecule has 1 rings (SSSR count). The van der Waals surface area contributed by atoms with E-state index >= 15 is 0 Å². The van der Waals surface area contributed by atoms with Gasteiger partial charge in [-0.3, -0.25) is 9.89 Å². The molecule has 0 atom stereocenters. The van der Waals surface area contributed by atoms with Crippen LogP contribution in [0.5, 0.6) is 0 Å². The standard InChI is InChI=1S/C10H17N3O/c1-6-7(2)12-13-8(6)9(14)11-10(3,4)5/h1-5H3,(H,11,14)(H,12,13). The third kappa shape index (κ3) is 2.34. The molecular formula is C10H17N3O. The van der Waals surface area contributed by atoms with Crippen molar-refractivity contribution in [2.75, 3.05) is 0 Å². The van der Waals surface area contributed by atoms with E-state index < -0.39 is 0 Å². The SMILES string of the molecule is Cc1[nH]nc(C(=O)NC(C)(C)C)c1C. The van der Waals surface area contributed by atoms with Crippen LogP contribution < -0.4 is 5.32 Å². The minimum atomic E-state index is -0.226. The summed E-state index contributed by atoms with van der Waals surface area (Å²) in [6, 6.07) is 0. The van der Waals surface area contributed by atoms with Crippen LogP contribution in [-0.4, -0.2) is 21.6 Å². The Morgan fingerprint density at radius 3 is 2.29 bits per heavy atom. The number of aryl methyl sites for hydroxylation is 1. The van der Waals surface area contributed by atoms with E-state index in [1.807, 2.05) is 34.6 Å². The van der Waals surface area contributed by atoms with Gasteiger partial charge in [-0.2, -0.15) is 5.10 Å². The number of H-pyrrole nitrogens is 1. The maximum Gasteiger partial charge on any atom is 0.272 e. The number of aromatic nitrogens is 2. The van der Waals surface area contributed by atoms with E-state index in [4.69, 9.17) is 0 Å². The Labute approximate surface area is 84.1 Å². The molecule has 14 heavy (non-hydrogen) atoms. The molecule has 4 heteroatoms. The van der Waals surface area contributed by atoms with E-state index in [1.165, 1.54) is 0 Å². The van der Waals surface area contributed by atoms with Gasteiger partial charge in [0.15, 0.2) is 5.69 Å². The lowest BCUT2D eigenvalue weighted by Crippen LogP contribution is -2.41. The van der Waals surface area contributed by atoms with Crippen molar-refractivity contribution in [3.8, 4) is 0 Å². The summed E-state index contributed by atoms with van der Waals surface area (Å²) in [5.74, 6) is -0.126. The number of amides is 1. The van der Waals surface area contributed by atoms with E-state index in [0.717, 1.165) is 11.3 Å². The Balaban J connectivity index is 2.86. The van der Waals surface area contributed by atoms with E-state index in [0.29, 0.717) is 5.69 Å². The summed E-state index contributed by atoms with van der Waals surface area (Å²) in [4.78, 5) is 11.7. The molecule has 1 heterocycles. The molecule has 0 saturated heterocycles. The summed E-state index contributed by atoms with van der Waals surface area (Å²) in [6.45, 7) is 9.62. The van der Waals surface area contributed by atoms with Crippen LogP contribution in [0.4, 0.5) is 0 Å². The fourth-order valence-corrected chi connectivity index (χ4v) is 1.11. The van der Waals surface area contributed by atoms with Crippen LogP contribution in [0.25, 0.3) is 0 Å². The Kier molecular flexibility index (Phi) is 2.64. The van der Waals surface area contributed by atoms with E-state index in [2.05, 4.69) is 15.5 Å². The smallest absolute Gasteiger partial charge is 0.272 e. The number of aromatic amines is 1. The molecule has 0 fully saturated rings. The zero-order valence-electron chi connectivity index (χ0n) is 9.36. The molecule has 0 aliphatic heterocycles. The van der Waals surface area contributed by atoms with Crippen molar-refractivity contribution >= 4 is 5.91 Å². The fraction of sp³-hybridized carbons (Fsp3) is 0.600. The number of nitrogens with zero attached hydrogens (tertiary/aromatic N) is 1. The second-order valence-corrected chi connectivity index (χ2v) is 4.53. The second-order valence-electron chi connectivity index (χ2n) is 4.53. The molecule has 78 valence electrons. The van der Waals surface area contributed by atoms with E-state index in [-0.39, 0.29) is 11.4 Å². The Hall–Kier alpha value is -1.32. The lowest BCUT2D eigenvalue weighted by molar-refractivity contribution is 0.0914. The van der Waals surface area contributed by atoms with Gasteiger partial charge in [0, 0.05) is 16.8 Å². The first-order valence-electron chi connectivity index (χ1n) is 4.65. The van der Waals surface area contributed by atoms with Crippen molar-refractivity contribution in [2.24, 2.45) is 0 Å². The first kappa shape index (κ1) is 10.8. The van der Waals surface area contributed by atoms with Crippen molar-refractivity contribution in [3.63, 3.8) is 0 Å².